The van der Waals surface area contributed by atoms with Gasteiger partial charge in [0, 0.05) is 17.8 Å². The van der Waals surface area contributed by atoms with Gasteiger partial charge in [-0.3, -0.25) is 9.59 Å². The van der Waals surface area contributed by atoms with Crippen LogP contribution in [0.15, 0.2) is 36.4 Å². The largest absolute Gasteiger partial charge is 0.388 e. The molecule has 2 aromatic carbocycles. The van der Waals surface area contributed by atoms with Crippen LogP contribution >= 0.6 is 0 Å². The number of aryl methyl sites for hydroxylation is 3. The van der Waals surface area contributed by atoms with E-state index < -0.39 is 6.61 Å². The van der Waals surface area contributed by atoms with Gasteiger partial charge in [0.2, 0.25) is 5.91 Å². The van der Waals surface area contributed by atoms with Crippen molar-refractivity contribution in [3.05, 3.63) is 64.2 Å². The first-order valence-electron chi connectivity index (χ1n) is 9.59. The Morgan fingerprint density at radius 1 is 1.11 bits per heavy atom. The zero-order valence-electron chi connectivity index (χ0n) is 15.9. The van der Waals surface area contributed by atoms with Gasteiger partial charge in [0.15, 0.2) is 5.78 Å². The summed E-state index contributed by atoms with van der Waals surface area (Å²) < 4.78 is 0. The molecular formula is C23H25NO3. The van der Waals surface area contributed by atoms with Crippen LogP contribution in [0.25, 0.3) is 0 Å². The number of aliphatic hydroxyl groups excluding tert-OH is 1. The summed E-state index contributed by atoms with van der Waals surface area (Å²) in [6.45, 7) is 4.38. The molecule has 27 heavy (non-hydrogen) atoms. The van der Waals surface area contributed by atoms with Gasteiger partial charge in [0.1, 0.15) is 6.61 Å². The summed E-state index contributed by atoms with van der Waals surface area (Å²) in [4.78, 5) is 27.2. The highest BCUT2D eigenvalue weighted by Gasteiger charge is 2.48. The third-order valence-corrected chi connectivity index (χ3v) is 6.23. The minimum Gasteiger partial charge on any atom is -0.388 e. The highest BCUT2D eigenvalue weighted by molar-refractivity contribution is 6.01. The Bertz CT molecular complexity index is 933. The first-order valence-corrected chi connectivity index (χ1v) is 9.59. The predicted octanol–water partition coefficient (Wildman–Crippen LogP) is 3.39. The molecule has 0 radical (unpaired) electrons. The van der Waals surface area contributed by atoms with Gasteiger partial charge >= 0.3 is 0 Å². The van der Waals surface area contributed by atoms with Gasteiger partial charge < -0.3 is 10.0 Å². The number of carbonyl (C=O) groups excluding carboxylic acids is 2. The zero-order valence-corrected chi connectivity index (χ0v) is 15.9. The second-order valence-electron chi connectivity index (χ2n) is 8.02. The highest BCUT2D eigenvalue weighted by atomic mass is 16.3. The Kier molecular flexibility index (Phi) is 4.39. The van der Waals surface area contributed by atoms with E-state index in [4.69, 9.17) is 5.11 Å². The SMILES string of the molecule is Cc1ccc(N2CC[C@@]3(CCc4ccc(C(=O)CO)cc4C3)C2=O)c(C)c1. The lowest BCUT2D eigenvalue weighted by Gasteiger charge is -2.33. The Balaban J connectivity index is 1.64. The molecule has 0 bridgehead atoms. The van der Waals surface area contributed by atoms with E-state index in [1.807, 2.05) is 17.0 Å². The van der Waals surface area contributed by atoms with Crippen LogP contribution < -0.4 is 4.90 Å². The molecule has 1 atom stereocenters. The maximum absolute atomic E-state index is 13.4. The van der Waals surface area contributed by atoms with Crippen molar-refractivity contribution in [2.75, 3.05) is 18.1 Å². The quantitative estimate of drug-likeness (QED) is 0.851. The van der Waals surface area contributed by atoms with E-state index in [0.29, 0.717) is 12.0 Å². The molecule has 1 aliphatic carbocycles. The number of fused-ring (bicyclic) bond motifs is 1. The molecule has 0 unspecified atom stereocenters. The van der Waals surface area contributed by atoms with E-state index >= 15 is 0 Å². The number of carbonyl (C=O) groups is 2. The number of ketones is 1. The van der Waals surface area contributed by atoms with E-state index in [-0.39, 0.29) is 17.1 Å². The normalized spacial score (nSPS) is 21.6. The number of hydrogen-bond donors (Lipinski definition) is 1. The smallest absolute Gasteiger partial charge is 0.233 e. The van der Waals surface area contributed by atoms with Crippen LogP contribution in [0.5, 0.6) is 0 Å². The number of amides is 1. The average Bonchev–Trinajstić information content (AvgIpc) is 2.96. The third kappa shape index (κ3) is 2.98. The molecule has 1 spiro atoms. The first kappa shape index (κ1) is 17.9. The molecule has 140 valence electrons. The molecule has 1 heterocycles. The van der Waals surface area contributed by atoms with Crippen molar-refractivity contribution in [1.82, 2.24) is 0 Å². The summed E-state index contributed by atoms with van der Waals surface area (Å²) in [5.41, 5.74) is 5.80. The summed E-state index contributed by atoms with van der Waals surface area (Å²) in [5.74, 6) is -0.0638. The molecule has 4 rings (SSSR count). The van der Waals surface area contributed by atoms with E-state index in [2.05, 4.69) is 32.0 Å². The topological polar surface area (TPSA) is 57.6 Å². The minimum absolute atomic E-state index is 0.207. The number of Topliss-reactive ketones (excluding diaryl/α,β-unsaturated/α-hetero) is 1. The van der Waals surface area contributed by atoms with Gasteiger partial charge in [-0.05, 0) is 68.4 Å². The molecule has 2 aliphatic rings. The van der Waals surface area contributed by atoms with Crippen molar-refractivity contribution in [3.63, 3.8) is 0 Å². The fourth-order valence-corrected chi connectivity index (χ4v) is 4.68. The predicted molar refractivity (Wildman–Crippen MR) is 105 cm³/mol. The van der Waals surface area contributed by atoms with E-state index in [1.54, 1.807) is 6.07 Å². The van der Waals surface area contributed by atoms with Crippen molar-refractivity contribution in [2.24, 2.45) is 5.41 Å². The monoisotopic (exact) mass is 363 g/mol. The van der Waals surface area contributed by atoms with Crippen LogP contribution in [0.4, 0.5) is 5.69 Å². The number of benzene rings is 2. The summed E-state index contributed by atoms with van der Waals surface area (Å²) in [5, 5.41) is 9.14. The second-order valence-corrected chi connectivity index (χ2v) is 8.02. The Hall–Kier alpha value is -2.46. The average molecular weight is 363 g/mol. The van der Waals surface area contributed by atoms with Crippen LogP contribution in [0.3, 0.4) is 0 Å². The van der Waals surface area contributed by atoms with Gasteiger partial charge in [-0.2, -0.15) is 0 Å². The van der Waals surface area contributed by atoms with Crippen LogP contribution in [-0.2, 0) is 17.6 Å². The van der Waals surface area contributed by atoms with Crippen LogP contribution in [-0.4, -0.2) is 29.9 Å². The first-order chi connectivity index (χ1) is 12.9. The van der Waals surface area contributed by atoms with Crippen LogP contribution in [0.2, 0.25) is 0 Å². The van der Waals surface area contributed by atoms with Gasteiger partial charge in [-0.25, -0.2) is 0 Å². The molecule has 0 aromatic heterocycles. The van der Waals surface area contributed by atoms with Gasteiger partial charge in [0.25, 0.3) is 0 Å². The fourth-order valence-electron chi connectivity index (χ4n) is 4.68. The molecule has 1 amide bonds. The van der Waals surface area contributed by atoms with Crippen LogP contribution in [0, 0.1) is 19.3 Å². The van der Waals surface area contributed by atoms with Crippen molar-refractivity contribution in [2.45, 2.75) is 39.5 Å². The van der Waals surface area contributed by atoms with Gasteiger partial charge in [-0.1, -0.05) is 29.8 Å². The Morgan fingerprint density at radius 3 is 2.67 bits per heavy atom. The number of rotatable bonds is 3. The lowest BCUT2D eigenvalue weighted by atomic mass is 9.70. The summed E-state index contributed by atoms with van der Waals surface area (Å²) in [7, 11) is 0. The number of hydrogen-bond acceptors (Lipinski definition) is 3. The van der Waals surface area contributed by atoms with Gasteiger partial charge in [0.05, 0.1) is 5.41 Å². The van der Waals surface area contributed by atoms with E-state index in [1.165, 1.54) is 11.1 Å². The molecule has 4 nitrogen and oxygen atoms in total. The Labute approximate surface area is 159 Å². The maximum atomic E-state index is 13.4. The second kappa shape index (κ2) is 6.61. The standard InChI is InChI=1S/C23H25NO3/c1-15-3-6-20(16(2)11-15)24-10-9-23(22(24)27)8-7-17-4-5-18(21(26)14-25)12-19(17)13-23/h3-6,11-12,25H,7-10,13-14H2,1-2H3/t23-/m1/s1. The lowest BCUT2D eigenvalue weighted by Crippen LogP contribution is -2.39. The molecule has 2 aromatic rings. The van der Waals surface area contributed by atoms with Crippen molar-refractivity contribution in [3.8, 4) is 0 Å². The van der Waals surface area contributed by atoms with Gasteiger partial charge in [-0.15, -0.1) is 0 Å². The molecule has 4 heteroatoms. The molecule has 1 saturated heterocycles. The molecule has 1 fully saturated rings. The highest BCUT2D eigenvalue weighted by Crippen LogP contribution is 2.45. The molecular weight excluding hydrogens is 338 g/mol. The Morgan fingerprint density at radius 2 is 1.93 bits per heavy atom. The summed E-state index contributed by atoms with van der Waals surface area (Å²) in [6.07, 6.45) is 3.23. The molecule has 1 aliphatic heterocycles. The number of nitrogens with zero attached hydrogens (tertiary/aromatic N) is 1. The minimum atomic E-state index is -0.483. The maximum Gasteiger partial charge on any atom is 0.233 e. The fraction of sp³-hybridized carbons (Fsp3) is 0.391. The summed E-state index contributed by atoms with van der Waals surface area (Å²) in [6, 6.07) is 11.9. The van der Waals surface area contributed by atoms with E-state index in [0.717, 1.165) is 42.6 Å². The zero-order chi connectivity index (χ0) is 19.2. The van der Waals surface area contributed by atoms with Crippen molar-refractivity contribution >= 4 is 17.4 Å². The third-order valence-electron chi connectivity index (χ3n) is 6.23. The van der Waals surface area contributed by atoms with Crippen molar-refractivity contribution < 1.29 is 14.7 Å². The van der Waals surface area contributed by atoms with Crippen molar-refractivity contribution in [1.29, 1.82) is 0 Å². The van der Waals surface area contributed by atoms with E-state index in [9.17, 15) is 9.59 Å². The molecule has 1 N–H and O–H groups in total. The van der Waals surface area contributed by atoms with Crippen LogP contribution in [0.1, 0.15) is 45.5 Å². The summed E-state index contributed by atoms with van der Waals surface area (Å²) >= 11 is 0. The number of anilines is 1. The lowest BCUT2D eigenvalue weighted by molar-refractivity contribution is -0.126. The number of aliphatic hydroxyl groups is 1. The molecule has 0 saturated carbocycles.